The molecular formula is C42H72FN5O8. The highest BCUT2D eigenvalue weighted by atomic mass is 19.1. The first-order chi connectivity index (χ1) is 26.4. The summed E-state index contributed by atoms with van der Waals surface area (Å²) in [6.45, 7) is 18.7. The average Bonchev–Trinajstić information content (AvgIpc) is 3.58. The van der Waals surface area contributed by atoms with E-state index < -0.39 is 23.9 Å². The Morgan fingerprint density at radius 2 is 1.64 bits per heavy atom. The molecule has 4 amide bonds. The van der Waals surface area contributed by atoms with Crippen LogP contribution >= 0.6 is 0 Å². The van der Waals surface area contributed by atoms with Crippen LogP contribution in [-0.2, 0) is 39.9 Å². The fourth-order valence-corrected chi connectivity index (χ4v) is 7.84. The van der Waals surface area contributed by atoms with Gasteiger partial charge in [-0.1, -0.05) is 93.4 Å². The molecule has 10 atom stereocenters. The van der Waals surface area contributed by atoms with Crippen molar-refractivity contribution in [2.45, 2.75) is 137 Å². The number of carboxylic acid groups (broad SMARTS) is 1. The molecule has 3 rings (SSSR count). The van der Waals surface area contributed by atoms with E-state index in [1.807, 2.05) is 13.8 Å². The zero-order valence-electron chi connectivity index (χ0n) is 36.1. The van der Waals surface area contributed by atoms with Crippen LogP contribution in [0.3, 0.4) is 0 Å². The van der Waals surface area contributed by atoms with Crippen LogP contribution in [0.5, 0.6) is 0 Å². The normalized spacial score (nSPS) is 21.5. The smallest absolute Gasteiger partial charge is 0.326 e. The lowest BCUT2D eigenvalue weighted by Gasteiger charge is -2.40. The van der Waals surface area contributed by atoms with Crippen LogP contribution < -0.4 is 16.0 Å². The minimum Gasteiger partial charge on any atom is -0.480 e. The Morgan fingerprint density at radius 1 is 1.04 bits per heavy atom. The molecule has 1 aromatic carbocycles. The van der Waals surface area contributed by atoms with Crippen molar-refractivity contribution in [3.05, 3.63) is 35.6 Å². The van der Waals surface area contributed by atoms with Crippen LogP contribution in [0, 0.1) is 35.4 Å². The number of amides is 4. The average molecular weight is 794 g/mol. The summed E-state index contributed by atoms with van der Waals surface area (Å²) in [5.41, 5.74) is 0.263. The van der Waals surface area contributed by atoms with Crippen molar-refractivity contribution in [2.75, 3.05) is 34.9 Å². The van der Waals surface area contributed by atoms with Crippen molar-refractivity contribution in [1.82, 2.24) is 25.8 Å². The maximum atomic E-state index is 13.9. The Kier molecular flexibility index (Phi) is 22.4. The summed E-state index contributed by atoms with van der Waals surface area (Å²) in [5, 5.41) is 16.6. The van der Waals surface area contributed by atoms with Gasteiger partial charge in [0.2, 0.25) is 24.1 Å². The number of benzene rings is 1. The summed E-state index contributed by atoms with van der Waals surface area (Å²) in [6.07, 6.45) is 3.00. The van der Waals surface area contributed by atoms with E-state index in [0.717, 1.165) is 12.8 Å². The number of piperidine rings is 1. The number of hydrogen-bond acceptors (Lipinski definition) is 8. The Balaban J connectivity index is 0.000000720. The molecule has 320 valence electrons. The number of likely N-dealkylation sites (N-methyl/N-ethyl adjacent to an activating group) is 2. The molecule has 1 heterocycles. The highest BCUT2D eigenvalue weighted by molar-refractivity contribution is 5.87. The summed E-state index contributed by atoms with van der Waals surface area (Å²) >= 11 is 0. The van der Waals surface area contributed by atoms with Crippen LogP contribution in [0.4, 0.5) is 4.39 Å². The molecule has 14 heteroatoms. The number of carbonyl (C=O) groups is 5. The second-order valence-electron chi connectivity index (χ2n) is 15.8. The van der Waals surface area contributed by atoms with Crippen molar-refractivity contribution in [3.8, 4) is 0 Å². The lowest BCUT2D eigenvalue weighted by atomic mass is 9.90. The first-order valence-electron chi connectivity index (χ1n) is 20.1. The zero-order valence-corrected chi connectivity index (χ0v) is 36.1. The lowest BCUT2D eigenvalue weighted by Crippen LogP contribution is -2.55. The molecule has 0 bridgehead atoms. The Morgan fingerprint density at radius 3 is 2.11 bits per heavy atom. The van der Waals surface area contributed by atoms with Gasteiger partial charge < -0.3 is 40.3 Å². The van der Waals surface area contributed by atoms with Crippen molar-refractivity contribution in [2.24, 2.45) is 29.6 Å². The molecule has 1 saturated heterocycles. The largest absolute Gasteiger partial charge is 0.480 e. The molecule has 4 N–H and O–H groups in total. The second kappa shape index (κ2) is 24.9. The van der Waals surface area contributed by atoms with E-state index in [1.54, 1.807) is 39.3 Å². The van der Waals surface area contributed by atoms with Gasteiger partial charge in [0.05, 0.1) is 43.3 Å². The third-order valence-corrected chi connectivity index (χ3v) is 11.1. The predicted octanol–water partition coefficient (Wildman–Crippen LogP) is 4.51. The monoisotopic (exact) mass is 794 g/mol. The number of rotatable bonds is 20. The van der Waals surface area contributed by atoms with Crippen molar-refractivity contribution in [1.29, 1.82) is 0 Å². The topological polar surface area (TPSA) is 167 Å². The van der Waals surface area contributed by atoms with Gasteiger partial charge >= 0.3 is 5.97 Å². The highest BCUT2D eigenvalue weighted by Gasteiger charge is 2.61. The van der Waals surface area contributed by atoms with Gasteiger partial charge in [-0.3, -0.25) is 19.2 Å². The number of carbonyl (C=O) groups excluding carboxylic acids is 4. The van der Waals surface area contributed by atoms with Crippen LogP contribution in [-0.4, -0.2) is 122 Å². The minimum absolute atomic E-state index is 0.00885. The number of methoxy groups -OCH3 is 2. The highest BCUT2D eigenvalue weighted by Crippen LogP contribution is 2.54. The van der Waals surface area contributed by atoms with Gasteiger partial charge in [0.25, 0.3) is 0 Å². The third-order valence-electron chi connectivity index (χ3n) is 11.1. The quantitative estimate of drug-likeness (QED) is 0.139. The number of aliphatic carboxylic acids is 1. The standard InChI is InChI=1S/C29H54N4O5.C10H10FNO3.C3H8/c1-12-18(6)26(32(9)24(35)15-31-29(36)25(30-8)16(2)3)22(37-10)14-23(34)33-21(28(38-11)17(4)5)13-20-19(7)27(20)33;11-8-4-2-1-3-7(8)5-9(10(14)15)12-6-13;1-3-2/h16-22,25-28,30H,12-15H2,1-11H3,(H,31,36);1-4,6,9H,5H2,(H,12,13)(H,14,15);3H2,1-2H3. The van der Waals surface area contributed by atoms with Gasteiger partial charge in [-0.2, -0.15) is 0 Å². The molecule has 10 unspecified atom stereocenters. The molecule has 13 nitrogen and oxygen atoms in total. The number of hydrogen-bond donors (Lipinski definition) is 4. The summed E-state index contributed by atoms with van der Waals surface area (Å²) in [6, 6.07) is 4.41. The van der Waals surface area contributed by atoms with E-state index in [4.69, 9.17) is 14.6 Å². The molecular weight excluding hydrogens is 721 g/mol. The molecule has 56 heavy (non-hydrogen) atoms. The summed E-state index contributed by atoms with van der Waals surface area (Å²) in [7, 11) is 6.83. The van der Waals surface area contributed by atoms with Gasteiger partial charge in [0.15, 0.2) is 0 Å². The van der Waals surface area contributed by atoms with Gasteiger partial charge in [-0.05, 0) is 54.7 Å². The van der Waals surface area contributed by atoms with E-state index in [9.17, 15) is 28.4 Å². The SMILES string of the molecule is CCC.CCC(C)C(C(CC(=O)N1C(C(OC)C(C)C)CC2C(C)C21)OC)N(C)C(=O)CNC(=O)C(NC)C(C)C.O=CNC(Cc1ccccc1F)C(=O)O. The van der Waals surface area contributed by atoms with Crippen LogP contribution in [0.2, 0.25) is 0 Å². The Labute approximate surface area is 335 Å². The summed E-state index contributed by atoms with van der Waals surface area (Å²) < 4.78 is 24.9. The molecule has 1 aromatic rings. The van der Waals surface area contributed by atoms with E-state index in [1.165, 1.54) is 24.6 Å². The maximum absolute atomic E-state index is 13.9. The van der Waals surface area contributed by atoms with E-state index in [-0.39, 0.29) is 84.8 Å². The Bertz CT molecular complexity index is 1380. The van der Waals surface area contributed by atoms with Crippen molar-refractivity contribution in [3.63, 3.8) is 0 Å². The van der Waals surface area contributed by atoms with E-state index >= 15 is 0 Å². The zero-order chi connectivity index (χ0) is 42.9. The molecule has 2 aliphatic rings. The van der Waals surface area contributed by atoms with Gasteiger partial charge in [-0.15, -0.1) is 0 Å². The van der Waals surface area contributed by atoms with Crippen LogP contribution in [0.1, 0.15) is 93.6 Å². The fourth-order valence-electron chi connectivity index (χ4n) is 7.84. The molecule has 2 fully saturated rings. The second-order valence-corrected chi connectivity index (χ2v) is 15.8. The number of ether oxygens (including phenoxy) is 2. The minimum atomic E-state index is -1.19. The first-order valence-corrected chi connectivity index (χ1v) is 20.1. The maximum Gasteiger partial charge on any atom is 0.326 e. The number of carboxylic acids is 1. The number of nitrogens with one attached hydrogen (secondary N) is 3. The van der Waals surface area contributed by atoms with Crippen LogP contribution in [0.15, 0.2) is 24.3 Å². The molecule has 1 aliphatic carbocycles. The van der Waals surface area contributed by atoms with Gasteiger partial charge in [0.1, 0.15) is 11.9 Å². The lowest BCUT2D eigenvalue weighted by molar-refractivity contribution is -0.145. The predicted molar refractivity (Wildman–Crippen MR) is 216 cm³/mol. The number of likely N-dealkylation sites (tertiary alicyclic amines) is 1. The molecule has 0 aromatic heterocycles. The van der Waals surface area contributed by atoms with Crippen molar-refractivity contribution >= 4 is 30.1 Å². The summed E-state index contributed by atoms with van der Waals surface area (Å²) in [4.78, 5) is 64.2. The molecule has 0 radical (unpaired) electrons. The number of nitrogens with zero attached hydrogens (tertiary/aromatic N) is 2. The molecule has 1 aliphatic heterocycles. The Hall–Kier alpha value is -3.62. The third kappa shape index (κ3) is 14.1. The van der Waals surface area contributed by atoms with E-state index in [2.05, 4.69) is 69.3 Å². The number of fused-ring (bicyclic) bond motifs is 1. The summed E-state index contributed by atoms with van der Waals surface area (Å²) in [5.74, 6) is -0.461. The van der Waals surface area contributed by atoms with Gasteiger partial charge in [-0.25, -0.2) is 9.18 Å². The van der Waals surface area contributed by atoms with Crippen LogP contribution in [0.25, 0.3) is 0 Å². The van der Waals surface area contributed by atoms with E-state index in [0.29, 0.717) is 24.2 Å². The van der Waals surface area contributed by atoms with Crippen molar-refractivity contribution < 1.29 is 42.9 Å². The first kappa shape index (κ1) is 50.4. The number of halogens is 1. The fraction of sp³-hybridized carbons (Fsp3) is 0.738. The van der Waals surface area contributed by atoms with Gasteiger partial charge in [0, 0.05) is 33.7 Å². The molecule has 0 spiro atoms. The molecule has 1 saturated carbocycles.